The predicted molar refractivity (Wildman–Crippen MR) is 71.6 cm³/mol. The van der Waals surface area contributed by atoms with Gasteiger partial charge in [0.1, 0.15) is 0 Å². The summed E-state index contributed by atoms with van der Waals surface area (Å²) >= 11 is 1.76. The maximum absolute atomic E-state index is 5.70. The molecule has 1 saturated heterocycles. The van der Waals surface area contributed by atoms with Crippen molar-refractivity contribution in [2.75, 3.05) is 19.7 Å². The zero-order valence-corrected chi connectivity index (χ0v) is 11.4. The van der Waals surface area contributed by atoms with E-state index >= 15 is 0 Å². The summed E-state index contributed by atoms with van der Waals surface area (Å²) in [5.74, 6) is 0. The number of aryl methyl sites for hydroxylation is 1. The third-order valence-corrected chi connectivity index (χ3v) is 4.29. The number of hydrogen-bond donors (Lipinski definition) is 1. The maximum atomic E-state index is 5.70. The van der Waals surface area contributed by atoms with Gasteiger partial charge in [-0.1, -0.05) is 0 Å². The van der Waals surface area contributed by atoms with Gasteiger partial charge in [-0.15, -0.1) is 11.3 Å². The standard InChI is InChI=1S/C13H22N2OS/c1-11-13(17-10-15-11)6-8-14-7-5-12-4-2-3-9-16-12/h10,12,14H,2-9H2,1H3. The van der Waals surface area contributed by atoms with Crippen molar-refractivity contribution in [1.82, 2.24) is 10.3 Å². The first-order chi connectivity index (χ1) is 8.36. The molecule has 0 saturated carbocycles. The number of nitrogens with zero attached hydrogens (tertiary/aromatic N) is 1. The van der Waals surface area contributed by atoms with Crippen molar-refractivity contribution in [2.45, 2.75) is 45.1 Å². The molecular weight excluding hydrogens is 232 g/mol. The minimum atomic E-state index is 0.501. The summed E-state index contributed by atoms with van der Waals surface area (Å²) in [5.41, 5.74) is 3.12. The lowest BCUT2D eigenvalue weighted by atomic mass is 10.1. The van der Waals surface area contributed by atoms with Crippen LogP contribution in [0.3, 0.4) is 0 Å². The summed E-state index contributed by atoms with van der Waals surface area (Å²) in [6.45, 7) is 5.17. The smallest absolute Gasteiger partial charge is 0.0797 e. The van der Waals surface area contributed by atoms with E-state index in [0.717, 1.165) is 32.5 Å². The number of ether oxygens (including phenoxy) is 1. The van der Waals surface area contributed by atoms with Crippen LogP contribution < -0.4 is 5.32 Å². The third kappa shape index (κ3) is 4.37. The van der Waals surface area contributed by atoms with Crippen molar-refractivity contribution < 1.29 is 4.74 Å². The van der Waals surface area contributed by atoms with E-state index in [2.05, 4.69) is 17.2 Å². The Labute approximate surface area is 108 Å². The summed E-state index contributed by atoms with van der Waals surface area (Å²) in [6, 6.07) is 0. The highest BCUT2D eigenvalue weighted by atomic mass is 32.1. The van der Waals surface area contributed by atoms with Gasteiger partial charge >= 0.3 is 0 Å². The first-order valence-electron chi connectivity index (χ1n) is 6.57. The number of hydrogen-bond acceptors (Lipinski definition) is 4. The summed E-state index contributed by atoms with van der Waals surface area (Å²) in [4.78, 5) is 5.67. The molecule has 1 N–H and O–H groups in total. The van der Waals surface area contributed by atoms with Gasteiger partial charge in [0.2, 0.25) is 0 Å². The minimum Gasteiger partial charge on any atom is -0.378 e. The Bertz CT molecular complexity index is 321. The van der Waals surface area contributed by atoms with E-state index in [1.165, 1.54) is 29.8 Å². The van der Waals surface area contributed by atoms with Crippen molar-refractivity contribution in [1.29, 1.82) is 0 Å². The molecule has 1 aliphatic heterocycles. The normalized spacial score (nSPS) is 20.6. The average molecular weight is 254 g/mol. The van der Waals surface area contributed by atoms with Gasteiger partial charge in [0.15, 0.2) is 0 Å². The molecule has 0 aromatic carbocycles. The van der Waals surface area contributed by atoms with Crippen LogP contribution in [0.4, 0.5) is 0 Å². The molecule has 2 rings (SSSR count). The Hall–Kier alpha value is -0.450. The Morgan fingerprint density at radius 3 is 3.12 bits per heavy atom. The molecule has 2 heterocycles. The molecule has 4 heteroatoms. The van der Waals surface area contributed by atoms with Gasteiger partial charge in [-0.2, -0.15) is 0 Å². The van der Waals surface area contributed by atoms with Crippen molar-refractivity contribution in [3.8, 4) is 0 Å². The van der Waals surface area contributed by atoms with Gasteiger partial charge in [0.25, 0.3) is 0 Å². The second kappa shape index (κ2) is 7.09. The summed E-state index contributed by atoms with van der Waals surface area (Å²) in [6.07, 6.45) is 6.58. The van der Waals surface area contributed by atoms with Gasteiger partial charge in [-0.3, -0.25) is 0 Å². The van der Waals surface area contributed by atoms with Crippen LogP contribution in [0.1, 0.15) is 36.3 Å². The van der Waals surface area contributed by atoms with Crippen LogP contribution in [0.2, 0.25) is 0 Å². The molecular formula is C13H22N2OS. The highest BCUT2D eigenvalue weighted by molar-refractivity contribution is 7.09. The number of aromatic nitrogens is 1. The molecule has 1 aromatic heterocycles. The molecule has 0 radical (unpaired) electrons. The van der Waals surface area contributed by atoms with Gasteiger partial charge in [0.05, 0.1) is 17.3 Å². The number of nitrogens with one attached hydrogen (secondary N) is 1. The van der Waals surface area contributed by atoms with Crippen molar-refractivity contribution in [2.24, 2.45) is 0 Å². The lowest BCUT2D eigenvalue weighted by molar-refractivity contribution is 0.0116. The molecule has 1 atom stereocenters. The number of rotatable bonds is 6. The summed E-state index contributed by atoms with van der Waals surface area (Å²) in [7, 11) is 0. The fourth-order valence-corrected chi connectivity index (χ4v) is 2.97. The molecule has 96 valence electrons. The zero-order chi connectivity index (χ0) is 11.9. The van der Waals surface area contributed by atoms with Gasteiger partial charge in [0, 0.05) is 18.0 Å². The SMILES string of the molecule is Cc1ncsc1CCNCCC1CCCCO1. The molecule has 1 fully saturated rings. The topological polar surface area (TPSA) is 34.2 Å². The Kier molecular flexibility index (Phi) is 5.42. The molecule has 1 unspecified atom stereocenters. The predicted octanol–water partition coefficient (Wildman–Crippen LogP) is 2.54. The van der Waals surface area contributed by atoms with Crippen LogP contribution in [0.5, 0.6) is 0 Å². The third-order valence-electron chi connectivity index (χ3n) is 3.29. The largest absolute Gasteiger partial charge is 0.378 e. The van der Waals surface area contributed by atoms with E-state index in [-0.39, 0.29) is 0 Å². The van der Waals surface area contributed by atoms with Crippen LogP contribution in [-0.4, -0.2) is 30.8 Å². The van der Waals surface area contributed by atoms with Crippen LogP contribution in [0, 0.1) is 6.92 Å². The van der Waals surface area contributed by atoms with E-state index < -0.39 is 0 Å². The fraction of sp³-hybridized carbons (Fsp3) is 0.769. The van der Waals surface area contributed by atoms with Crippen LogP contribution in [-0.2, 0) is 11.2 Å². The summed E-state index contributed by atoms with van der Waals surface area (Å²) in [5, 5.41) is 3.50. The molecule has 0 aliphatic carbocycles. The Morgan fingerprint density at radius 1 is 1.47 bits per heavy atom. The highest BCUT2D eigenvalue weighted by Gasteiger charge is 2.12. The first kappa shape index (κ1) is 13.0. The Balaban J connectivity index is 1.53. The van der Waals surface area contributed by atoms with Gasteiger partial charge in [-0.25, -0.2) is 4.98 Å². The zero-order valence-electron chi connectivity index (χ0n) is 10.6. The van der Waals surface area contributed by atoms with Crippen LogP contribution in [0.25, 0.3) is 0 Å². The molecule has 1 aliphatic rings. The minimum absolute atomic E-state index is 0.501. The molecule has 17 heavy (non-hydrogen) atoms. The average Bonchev–Trinajstić information content (AvgIpc) is 2.76. The second-order valence-corrected chi connectivity index (χ2v) is 5.58. The van der Waals surface area contributed by atoms with E-state index in [1.807, 2.05) is 5.51 Å². The second-order valence-electron chi connectivity index (χ2n) is 4.64. The van der Waals surface area contributed by atoms with Crippen molar-refractivity contribution in [3.05, 3.63) is 16.1 Å². The lowest BCUT2D eigenvalue weighted by Crippen LogP contribution is -2.26. The van der Waals surface area contributed by atoms with Crippen LogP contribution >= 0.6 is 11.3 Å². The Morgan fingerprint density at radius 2 is 2.41 bits per heavy atom. The molecule has 0 bridgehead atoms. The monoisotopic (exact) mass is 254 g/mol. The molecule has 0 amide bonds. The molecule has 1 aromatic rings. The van der Waals surface area contributed by atoms with Gasteiger partial charge < -0.3 is 10.1 Å². The van der Waals surface area contributed by atoms with E-state index in [9.17, 15) is 0 Å². The quantitative estimate of drug-likeness (QED) is 0.792. The van der Waals surface area contributed by atoms with Crippen molar-refractivity contribution in [3.63, 3.8) is 0 Å². The molecule has 0 spiro atoms. The first-order valence-corrected chi connectivity index (χ1v) is 7.45. The van der Waals surface area contributed by atoms with Gasteiger partial charge in [-0.05, 0) is 45.6 Å². The fourth-order valence-electron chi connectivity index (χ4n) is 2.19. The van der Waals surface area contributed by atoms with E-state index in [4.69, 9.17) is 4.74 Å². The molecule has 3 nitrogen and oxygen atoms in total. The number of thiazole rings is 1. The maximum Gasteiger partial charge on any atom is 0.0797 e. The van der Waals surface area contributed by atoms with Crippen molar-refractivity contribution >= 4 is 11.3 Å². The lowest BCUT2D eigenvalue weighted by Gasteiger charge is -2.22. The van der Waals surface area contributed by atoms with E-state index in [0.29, 0.717) is 6.10 Å². The highest BCUT2D eigenvalue weighted by Crippen LogP contribution is 2.15. The summed E-state index contributed by atoms with van der Waals surface area (Å²) < 4.78 is 5.70. The van der Waals surface area contributed by atoms with Crippen LogP contribution in [0.15, 0.2) is 5.51 Å². The van der Waals surface area contributed by atoms with E-state index in [1.54, 1.807) is 11.3 Å².